The van der Waals surface area contributed by atoms with Crippen molar-refractivity contribution in [3.05, 3.63) is 95.8 Å². The predicted octanol–water partition coefficient (Wildman–Crippen LogP) is 3.31. The lowest BCUT2D eigenvalue weighted by molar-refractivity contribution is -0.127. The molecule has 1 fully saturated rings. The molecule has 148 valence electrons. The molecular formula is C23H21FN2O3. The molecule has 1 saturated heterocycles. The zero-order chi connectivity index (χ0) is 20.4. The van der Waals surface area contributed by atoms with Crippen molar-refractivity contribution in [1.29, 1.82) is 0 Å². The van der Waals surface area contributed by atoms with E-state index in [1.165, 1.54) is 12.1 Å². The molecule has 5 nitrogen and oxygen atoms in total. The fraction of sp³-hybridized carbons (Fsp3) is 0.174. The van der Waals surface area contributed by atoms with E-state index in [2.05, 4.69) is 5.32 Å². The summed E-state index contributed by atoms with van der Waals surface area (Å²) in [6, 6.07) is 20.8. The Bertz CT molecular complexity index is 977. The molecular weight excluding hydrogens is 371 g/mol. The van der Waals surface area contributed by atoms with Gasteiger partial charge in [-0.2, -0.15) is 0 Å². The minimum Gasteiger partial charge on any atom is -0.508 e. The minimum absolute atomic E-state index is 0.136. The van der Waals surface area contributed by atoms with Gasteiger partial charge in [-0.1, -0.05) is 42.5 Å². The number of hydrogen-bond donors (Lipinski definition) is 3. The van der Waals surface area contributed by atoms with Crippen LogP contribution in [0.1, 0.15) is 23.3 Å². The van der Waals surface area contributed by atoms with Gasteiger partial charge in [0.25, 0.3) is 0 Å². The summed E-state index contributed by atoms with van der Waals surface area (Å²) in [5.74, 6) is -0.393. The summed E-state index contributed by atoms with van der Waals surface area (Å²) in [5, 5.41) is 23.2. The van der Waals surface area contributed by atoms with Crippen LogP contribution >= 0.6 is 0 Å². The Kier molecular flexibility index (Phi) is 5.29. The van der Waals surface area contributed by atoms with Crippen molar-refractivity contribution in [2.45, 2.75) is 18.2 Å². The van der Waals surface area contributed by atoms with Gasteiger partial charge >= 0.3 is 0 Å². The van der Waals surface area contributed by atoms with Crippen LogP contribution in [0.5, 0.6) is 5.75 Å². The summed E-state index contributed by atoms with van der Waals surface area (Å²) in [4.78, 5) is 14.5. The molecule has 0 saturated carbocycles. The first-order valence-electron chi connectivity index (χ1n) is 9.38. The lowest BCUT2D eigenvalue weighted by Gasteiger charge is -2.48. The Morgan fingerprint density at radius 2 is 1.62 bits per heavy atom. The molecule has 1 aliphatic heterocycles. The van der Waals surface area contributed by atoms with Crippen LogP contribution in [0.25, 0.3) is 0 Å². The van der Waals surface area contributed by atoms with Crippen LogP contribution in [0, 0.1) is 5.82 Å². The van der Waals surface area contributed by atoms with Gasteiger partial charge in [-0.05, 0) is 47.5 Å². The molecule has 0 radical (unpaired) electrons. The number of β-lactam (4-membered cyclic amide) rings is 1. The first-order valence-corrected chi connectivity index (χ1v) is 9.38. The highest BCUT2D eigenvalue weighted by atomic mass is 19.1. The van der Waals surface area contributed by atoms with Crippen molar-refractivity contribution < 1.29 is 19.4 Å². The maximum atomic E-state index is 13.3. The Hall–Kier alpha value is -3.22. The summed E-state index contributed by atoms with van der Waals surface area (Å²) >= 11 is 0. The lowest BCUT2D eigenvalue weighted by Crippen LogP contribution is -2.65. The summed E-state index contributed by atoms with van der Waals surface area (Å²) in [6.45, 7) is 0.215. The molecule has 1 amide bonds. The second kappa shape index (κ2) is 8.03. The standard InChI is InChI=1S/C23H21FN2O3/c24-17-8-10-18(11-9-17)26-22(16-6-12-19(27)13-7-16)21(23(26)29)25-14-20(28)15-4-2-1-3-5-15/h1-13,20-22,25,27-28H,14H2/t20?,21-,22?/m1/s1. The van der Waals surface area contributed by atoms with Crippen molar-refractivity contribution in [3.8, 4) is 5.75 Å². The summed E-state index contributed by atoms with van der Waals surface area (Å²) in [7, 11) is 0. The highest BCUT2D eigenvalue weighted by Crippen LogP contribution is 2.39. The SMILES string of the molecule is O=C1[C@H](NCC(O)c2ccccc2)C(c2ccc(O)cc2)N1c1ccc(F)cc1. The van der Waals surface area contributed by atoms with Crippen LogP contribution in [0.15, 0.2) is 78.9 Å². The van der Waals surface area contributed by atoms with E-state index in [4.69, 9.17) is 0 Å². The van der Waals surface area contributed by atoms with Crippen molar-refractivity contribution in [3.63, 3.8) is 0 Å². The molecule has 0 bridgehead atoms. The molecule has 1 aliphatic rings. The third-order valence-electron chi connectivity index (χ3n) is 5.15. The second-order valence-corrected chi connectivity index (χ2v) is 7.03. The smallest absolute Gasteiger partial charge is 0.247 e. The molecule has 6 heteroatoms. The van der Waals surface area contributed by atoms with E-state index >= 15 is 0 Å². The maximum absolute atomic E-state index is 13.3. The molecule has 0 spiro atoms. The number of aliphatic hydroxyl groups is 1. The number of rotatable bonds is 6. The van der Waals surface area contributed by atoms with E-state index in [1.807, 2.05) is 30.3 Å². The van der Waals surface area contributed by atoms with Gasteiger partial charge < -0.3 is 20.4 Å². The topological polar surface area (TPSA) is 72.8 Å². The number of phenolic OH excluding ortho intramolecular Hbond substituents is 1. The highest BCUT2D eigenvalue weighted by Gasteiger charge is 2.48. The van der Waals surface area contributed by atoms with Gasteiger partial charge in [0.05, 0.1) is 12.1 Å². The Balaban J connectivity index is 1.56. The fourth-order valence-electron chi connectivity index (χ4n) is 3.62. The quantitative estimate of drug-likeness (QED) is 0.563. The third kappa shape index (κ3) is 3.85. The van der Waals surface area contributed by atoms with Crippen molar-refractivity contribution in [1.82, 2.24) is 5.32 Å². The van der Waals surface area contributed by atoms with E-state index in [9.17, 15) is 19.4 Å². The average molecular weight is 392 g/mol. The summed E-state index contributed by atoms with van der Waals surface area (Å²) in [6.07, 6.45) is -0.746. The van der Waals surface area contributed by atoms with Gasteiger partial charge in [-0.3, -0.25) is 4.79 Å². The molecule has 1 heterocycles. The van der Waals surface area contributed by atoms with E-state index < -0.39 is 12.1 Å². The van der Waals surface area contributed by atoms with E-state index in [0.29, 0.717) is 5.69 Å². The fourth-order valence-corrected chi connectivity index (χ4v) is 3.62. The van der Waals surface area contributed by atoms with Gasteiger partial charge in [0.15, 0.2) is 0 Å². The molecule has 3 aromatic carbocycles. The van der Waals surface area contributed by atoms with Crippen LogP contribution in [-0.2, 0) is 4.79 Å². The molecule has 2 unspecified atom stereocenters. The number of anilines is 1. The highest BCUT2D eigenvalue weighted by molar-refractivity contribution is 6.05. The van der Waals surface area contributed by atoms with Gasteiger partial charge in [0.1, 0.15) is 17.6 Å². The molecule has 29 heavy (non-hydrogen) atoms. The van der Waals surface area contributed by atoms with Crippen LogP contribution in [-0.4, -0.2) is 28.7 Å². The maximum Gasteiger partial charge on any atom is 0.247 e. The molecule has 0 aliphatic carbocycles. The summed E-state index contributed by atoms with van der Waals surface area (Å²) < 4.78 is 13.3. The number of aromatic hydroxyl groups is 1. The third-order valence-corrected chi connectivity index (χ3v) is 5.15. The normalized spacial score (nSPS) is 19.7. The number of phenols is 1. The number of nitrogens with zero attached hydrogens (tertiary/aromatic N) is 1. The van der Waals surface area contributed by atoms with Crippen molar-refractivity contribution >= 4 is 11.6 Å². The van der Waals surface area contributed by atoms with Crippen LogP contribution < -0.4 is 10.2 Å². The van der Waals surface area contributed by atoms with Gasteiger partial charge in [0, 0.05) is 12.2 Å². The second-order valence-electron chi connectivity index (χ2n) is 7.03. The Morgan fingerprint density at radius 1 is 0.966 bits per heavy atom. The predicted molar refractivity (Wildman–Crippen MR) is 108 cm³/mol. The zero-order valence-electron chi connectivity index (χ0n) is 15.6. The molecule has 4 rings (SSSR count). The number of nitrogens with one attached hydrogen (secondary N) is 1. The number of carbonyl (C=O) groups is 1. The van der Waals surface area contributed by atoms with Gasteiger partial charge in [0.2, 0.25) is 5.91 Å². The Labute approximate surface area is 168 Å². The molecule has 0 aromatic heterocycles. The number of hydrogen-bond acceptors (Lipinski definition) is 4. The van der Waals surface area contributed by atoms with E-state index in [0.717, 1.165) is 11.1 Å². The Morgan fingerprint density at radius 3 is 2.28 bits per heavy atom. The van der Waals surface area contributed by atoms with Crippen molar-refractivity contribution in [2.24, 2.45) is 0 Å². The van der Waals surface area contributed by atoms with Crippen LogP contribution in [0.4, 0.5) is 10.1 Å². The summed E-state index contributed by atoms with van der Waals surface area (Å²) in [5.41, 5.74) is 2.19. The molecule has 3 atom stereocenters. The number of carbonyl (C=O) groups excluding carboxylic acids is 1. The lowest BCUT2D eigenvalue weighted by atomic mass is 9.87. The number of benzene rings is 3. The molecule has 3 N–H and O–H groups in total. The number of halogens is 1. The minimum atomic E-state index is -0.746. The van der Waals surface area contributed by atoms with Crippen LogP contribution in [0.3, 0.4) is 0 Å². The van der Waals surface area contributed by atoms with Gasteiger partial charge in [-0.25, -0.2) is 4.39 Å². The number of amides is 1. The first-order chi connectivity index (χ1) is 14.0. The van der Waals surface area contributed by atoms with E-state index in [-0.39, 0.29) is 30.1 Å². The average Bonchev–Trinajstić information content (AvgIpc) is 2.74. The number of aliphatic hydroxyl groups excluding tert-OH is 1. The van der Waals surface area contributed by atoms with Crippen LogP contribution in [0.2, 0.25) is 0 Å². The largest absolute Gasteiger partial charge is 0.508 e. The first kappa shape index (κ1) is 19.1. The molecule has 3 aromatic rings. The zero-order valence-corrected chi connectivity index (χ0v) is 15.6. The van der Waals surface area contributed by atoms with Gasteiger partial charge in [-0.15, -0.1) is 0 Å². The van der Waals surface area contributed by atoms with E-state index in [1.54, 1.807) is 41.3 Å². The monoisotopic (exact) mass is 392 g/mol. The van der Waals surface area contributed by atoms with Crippen molar-refractivity contribution in [2.75, 3.05) is 11.4 Å².